The van der Waals surface area contributed by atoms with Crippen LogP contribution in [0, 0.1) is 0 Å². The molecule has 0 aliphatic heterocycles. The number of phosphoric acid groups is 1. The number of aromatic nitrogens is 1. The first-order valence-electron chi connectivity index (χ1n) is 15.9. The van der Waals surface area contributed by atoms with Crippen molar-refractivity contribution in [2.75, 3.05) is 20.3 Å². The first kappa shape index (κ1) is 35.4. The molecule has 1 heterocycles. The Kier molecular flexibility index (Phi) is 17.1. The summed E-state index contributed by atoms with van der Waals surface area (Å²) in [5.41, 5.74) is 4.20. The van der Waals surface area contributed by atoms with Gasteiger partial charge in [0.1, 0.15) is 25.1 Å². The summed E-state index contributed by atoms with van der Waals surface area (Å²) in [5, 5.41) is 1.99. The van der Waals surface area contributed by atoms with Crippen LogP contribution in [-0.2, 0) is 22.2 Å². The third kappa shape index (κ3) is 15.5. The van der Waals surface area contributed by atoms with Crippen molar-refractivity contribution >= 4 is 19.5 Å². The van der Waals surface area contributed by atoms with E-state index in [1.165, 1.54) is 89.7 Å². The zero-order chi connectivity index (χ0) is 30.6. The van der Waals surface area contributed by atoms with E-state index in [-0.39, 0.29) is 19.0 Å². The summed E-state index contributed by atoms with van der Waals surface area (Å²) in [4.78, 5) is 22.9. The number of ether oxygens (including phenoxy) is 2. The molecular weight excluding hydrogens is 581 g/mol. The maximum Gasteiger partial charge on any atom is 0.426 e. The van der Waals surface area contributed by atoms with Gasteiger partial charge in [-0.3, -0.25) is 4.52 Å². The van der Waals surface area contributed by atoms with Crippen LogP contribution in [0.1, 0.15) is 95.1 Å². The minimum Gasteiger partial charge on any atom is -0.598 e. The van der Waals surface area contributed by atoms with Crippen molar-refractivity contribution in [3.8, 4) is 11.5 Å². The first-order valence-corrected chi connectivity index (χ1v) is 18.3. The van der Waals surface area contributed by atoms with Crippen molar-refractivity contribution in [3.63, 3.8) is 0 Å². The van der Waals surface area contributed by atoms with Crippen LogP contribution in [0.5, 0.6) is 11.5 Å². The number of thiazole rings is 1. The third-order valence-corrected chi connectivity index (χ3v) is 9.01. The molecule has 7 nitrogen and oxygen atoms in total. The molecule has 1 N–H and O–H groups in total. The highest BCUT2D eigenvalue weighted by Crippen LogP contribution is 2.48. The minimum absolute atomic E-state index is 0.146. The number of methoxy groups -OCH3 is 1. The van der Waals surface area contributed by atoms with E-state index < -0.39 is 14.3 Å². The summed E-state index contributed by atoms with van der Waals surface area (Å²) in [6.07, 6.45) is 18.6. The monoisotopic (exact) mass is 632 g/mol. The van der Waals surface area contributed by atoms with Crippen molar-refractivity contribution in [1.29, 1.82) is 0 Å². The molecule has 0 aliphatic carbocycles. The molecule has 0 aliphatic rings. The molecule has 0 saturated carbocycles. The highest BCUT2D eigenvalue weighted by atomic mass is 32.1. The van der Waals surface area contributed by atoms with E-state index in [1.54, 1.807) is 29.5 Å². The van der Waals surface area contributed by atoms with Crippen LogP contribution < -0.4 is 18.7 Å². The van der Waals surface area contributed by atoms with E-state index in [9.17, 15) is 9.79 Å². The van der Waals surface area contributed by atoms with Gasteiger partial charge in [0.25, 0.3) is 0 Å². The van der Waals surface area contributed by atoms with Crippen LogP contribution in [0.15, 0.2) is 65.6 Å². The topological polar surface area (TPSA) is 84.1 Å². The molecule has 43 heavy (non-hydrogen) atoms. The maximum atomic E-state index is 12.6. The van der Waals surface area contributed by atoms with Gasteiger partial charge in [-0.05, 0) is 42.7 Å². The Morgan fingerprint density at radius 2 is 1.47 bits per heavy atom. The van der Waals surface area contributed by atoms with Crippen molar-refractivity contribution in [2.24, 2.45) is 0 Å². The molecule has 1 unspecified atom stereocenters. The fourth-order valence-corrected chi connectivity index (χ4v) is 6.32. The second-order valence-corrected chi connectivity index (χ2v) is 13.3. The quantitative estimate of drug-likeness (QED) is 0.0615. The van der Waals surface area contributed by atoms with Crippen molar-refractivity contribution in [2.45, 2.75) is 103 Å². The number of hydrogen-bond acceptors (Lipinski definition) is 7. The molecule has 2 aromatic carbocycles. The Hall–Kier alpha value is -2.06. The summed E-state index contributed by atoms with van der Waals surface area (Å²) in [5.74, 6) is 1.02. The standard InChI is InChI=1S/C34H50NO6PS/c1-3-4-5-6-7-8-9-10-11-12-13-14-17-30-18-15-20-32(24-30)39-27-34(38-2)28-40-42(36,37)41-33-21-16-19-31(25-33)26-35-22-23-43-29-35/h15-16,18-25,29,34H,3-14,17,26-28H2,1-2H3/p+1/t34-/m1/s1. The van der Waals surface area contributed by atoms with Crippen LogP contribution >= 0.6 is 19.5 Å². The molecule has 9 heteroatoms. The molecule has 0 amide bonds. The first-order chi connectivity index (χ1) is 21.0. The van der Waals surface area contributed by atoms with Gasteiger partial charge in [0, 0.05) is 12.7 Å². The van der Waals surface area contributed by atoms with Gasteiger partial charge in [0.2, 0.25) is 5.51 Å². The summed E-state index contributed by atoms with van der Waals surface area (Å²) in [6, 6.07) is 15.2. The number of hydrogen-bond donors (Lipinski definition) is 1. The molecule has 3 aromatic rings. The number of unbranched alkanes of at least 4 members (excludes halogenated alkanes) is 11. The van der Waals surface area contributed by atoms with Crippen LogP contribution in [-0.4, -0.2) is 31.3 Å². The predicted molar refractivity (Wildman–Crippen MR) is 173 cm³/mol. The van der Waals surface area contributed by atoms with E-state index in [1.807, 2.05) is 39.9 Å². The molecule has 3 rings (SSSR count). The highest BCUT2D eigenvalue weighted by Gasteiger charge is 2.31. The van der Waals surface area contributed by atoms with Gasteiger partial charge in [0.15, 0.2) is 18.5 Å². The number of nitrogens with zero attached hydrogens (tertiary/aromatic N) is 1. The number of aryl methyl sites for hydroxylation is 1. The van der Waals surface area contributed by atoms with Gasteiger partial charge in [0.05, 0.1) is 5.38 Å². The van der Waals surface area contributed by atoms with Crippen molar-refractivity contribution in [3.05, 3.63) is 76.7 Å². The van der Waals surface area contributed by atoms with Gasteiger partial charge in [-0.1, -0.05) is 113 Å². The van der Waals surface area contributed by atoms with Crippen molar-refractivity contribution in [1.82, 2.24) is 0 Å². The molecule has 238 valence electrons. The summed E-state index contributed by atoms with van der Waals surface area (Å²) >= 11 is 1.60. The smallest absolute Gasteiger partial charge is 0.426 e. The minimum atomic E-state index is -4.35. The highest BCUT2D eigenvalue weighted by molar-refractivity contribution is 7.53. The Labute approximate surface area is 263 Å². The average Bonchev–Trinajstić information content (AvgIpc) is 3.51. The number of rotatable bonds is 24. The fraction of sp³-hybridized carbons (Fsp3) is 0.559. The zero-order valence-electron chi connectivity index (χ0n) is 26.0. The lowest BCUT2D eigenvalue weighted by molar-refractivity contribution is -0.683. The molecule has 0 fully saturated rings. The normalized spacial score (nSPS) is 13.5. The summed E-state index contributed by atoms with van der Waals surface area (Å²) in [6.45, 7) is 2.95. The largest absolute Gasteiger partial charge is 0.598 e. The second-order valence-electron chi connectivity index (χ2n) is 11.2. The lowest BCUT2D eigenvalue weighted by Gasteiger charge is -2.22. The fourth-order valence-electron chi connectivity index (χ4n) is 4.93. The molecule has 0 spiro atoms. The van der Waals surface area contributed by atoms with E-state index in [2.05, 4.69) is 19.1 Å². The van der Waals surface area contributed by atoms with E-state index in [0.717, 1.165) is 17.7 Å². The summed E-state index contributed by atoms with van der Waals surface area (Å²) < 4.78 is 24.0. The third-order valence-electron chi connectivity index (χ3n) is 7.42. The SMILES string of the molecule is CCCCCCCCCCCCCCc1cccc(OC[C@H](CO[P+]([O-])(O)Oc2cccc(C[n+]3ccsc3)c2)OC)c1. The van der Waals surface area contributed by atoms with E-state index in [4.69, 9.17) is 18.5 Å². The van der Waals surface area contributed by atoms with Gasteiger partial charge in [-0.25, -0.2) is 0 Å². The van der Waals surface area contributed by atoms with Gasteiger partial charge >= 0.3 is 8.17 Å². The molecular formula is C34H51NO6PS+. The summed E-state index contributed by atoms with van der Waals surface area (Å²) in [7, 11) is -2.82. The van der Waals surface area contributed by atoms with Crippen LogP contribution in [0.4, 0.5) is 0 Å². The van der Waals surface area contributed by atoms with Crippen molar-refractivity contribution < 1.29 is 32.9 Å². The Bertz CT molecular complexity index is 1130. The average molecular weight is 633 g/mol. The lowest BCUT2D eigenvalue weighted by atomic mass is 10.0. The van der Waals surface area contributed by atoms with Gasteiger partial charge in [-0.15, -0.1) is 0 Å². The zero-order valence-corrected chi connectivity index (χ0v) is 27.7. The molecule has 2 atom stereocenters. The van der Waals surface area contributed by atoms with E-state index in [0.29, 0.717) is 6.54 Å². The molecule has 1 aromatic heterocycles. The molecule has 0 bridgehead atoms. The van der Waals surface area contributed by atoms with Crippen LogP contribution in [0.25, 0.3) is 0 Å². The van der Waals surface area contributed by atoms with Gasteiger partial charge < -0.3 is 14.4 Å². The Morgan fingerprint density at radius 3 is 2.12 bits per heavy atom. The van der Waals surface area contributed by atoms with Crippen LogP contribution in [0.3, 0.4) is 0 Å². The van der Waals surface area contributed by atoms with Crippen LogP contribution in [0.2, 0.25) is 0 Å². The Balaban J connectivity index is 1.31. The Morgan fingerprint density at radius 1 is 0.837 bits per heavy atom. The maximum absolute atomic E-state index is 12.6. The predicted octanol–water partition coefficient (Wildman–Crippen LogP) is 7.85. The number of benzene rings is 2. The molecule has 0 radical (unpaired) electrons. The van der Waals surface area contributed by atoms with Gasteiger partial charge in [-0.2, -0.15) is 14.0 Å². The second kappa shape index (κ2) is 20.8. The number of phosphoric ester groups is 1. The van der Waals surface area contributed by atoms with E-state index >= 15 is 0 Å². The lowest BCUT2D eigenvalue weighted by Crippen LogP contribution is -2.30. The molecule has 0 saturated heterocycles.